The van der Waals surface area contributed by atoms with Crippen molar-refractivity contribution in [2.75, 3.05) is 34.9 Å². The normalized spacial score (nSPS) is 11.4. The first-order chi connectivity index (χ1) is 12.0. The summed E-state index contributed by atoms with van der Waals surface area (Å²) in [4.78, 5) is 14.1. The Morgan fingerprint density at radius 3 is 2.52 bits per heavy atom. The molecule has 5 nitrogen and oxygen atoms in total. The van der Waals surface area contributed by atoms with Gasteiger partial charge in [0.25, 0.3) is 0 Å². The lowest BCUT2D eigenvalue weighted by atomic mass is 10.1. The van der Waals surface area contributed by atoms with E-state index in [0.717, 1.165) is 47.1 Å². The van der Waals surface area contributed by atoms with E-state index in [1.165, 1.54) is 7.11 Å². The highest BCUT2D eigenvalue weighted by Crippen LogP contribution is 2.32. The van der Waals surface area contributed by atoms with Crippen LogP contribution in [0.4, 0.5) is 0 Å². The number of nitrogens with zero attached hydrogens (tertiary/aromatic N) is 2. The van der Waals surface area contributed by atoms with Crippen molar-refractivity contribution >= 4 is 27.8 Å². The van der Waals surface area contributed by atoms with Crippen molar-refractivity contribution in [2.24, 2.45) is 0 Å². The minimum absolute atomic E-state index is 0.316. The van der Waals surface area contributed by atoms with Gasteiger partial charge in [0.2, 0.25) is 0 Å². The molecule has 0 spiro atoms. The van der Waals surface area contributed by atoms with Gasteiger partial charge < -0.3 is 18.9 Å². The summed E-state index contributed by atoms with van der Waals surface area (Å²) >= 11 is 0. The molecule has 2 aromatic carbocycles. The van der Waals surface area contributed by atoms with E-state index in [1.807, 2.05) is 24.3 Å². The third-order valence-corrected chi connectivity index (χ3v) is 4.48. The second-order valence-electron chi connectivity index (χ2n) is 6.42. The van der Waals surface area contributed by atoms with Crippen molar-refractivity contribution in [1.82, 2.24) is 9.47 Å². The van der Waals surface area contributed by atoms with E-state index >= 15 is 0 Å². The number of carbonyl (C=O) groups is 1. The monoisotopic (exact) mass is 340 g/mol. The summed E-state index contributed by atoms with van der Waals surface area (Å²) in [5.74, 6) is 0.515. The smallest absolute Gasteiger partial charge is 0.337 e. The fourth-order valence-electron chi connectivity index (χ4n) is 3.24. The van der Waals surface area contributed by atoms with Gasteiger partial charge in [-0.2, -0.15) is 0 Å². The van der Waals surface area contributed by atoms with Crippen LogP contribution in [0.15, 0.2) is 36.4 Å². The van der Waals surface area contributed by atoms with Crippen LogP contribution >= 0.6 is 0 Å². The van der Waals surface area contributed by atoms with Gasteiger partial charge in [-0.05, 0) is 57.4 Å². The number of carbonyl (C=O) groups excluding carboxylic acids is 1. The third kappa shape index (κ3) is 3.33. The standard InChI is InChI=1S/C20H24N2O3/c1-21(2)10-5-11-22-18-9-6-14(20(23)25-4)12-17(18)16-8-7-15(24-3)13-19(16)22/h6-9,12-13H,5,10-11H2,1-4H3. The molecule has 0 bridgehead atoms. The molecule has 0 aliphatic rings. The fourth-order valence-corrected chi connectivity index (χ4v) is 3.24. The molecule has 0 amide bonds. The Hall–Kier alpha value is -2.53. The second-order valence-corrected chi connectivity index (χ2v) is 6.42. The molecule has 0 atom stereocenters. The van der Waals surface area contributed by atoms with E-state index in [9.17, 15) is 4.79 Å². The summed E-state index contributed by atoms with van der Waals surface area (Å²) in [7, 11) is 7.24. The van der Waals surface area contributed by atoms with Crippen LogP contribution in [0.2, 0.25) is 0 Å². The highest BCUT2D eigenvalue weighted by Gasteiger charge is 2.14. The summed E-state index contributed by atoms with van der Waals surface area (Å²) in [6, 6.07) is 11.8. The first kappa shape index (κ1) is 17.3. The van der Waals surface area contributed by atoms with E-state index in [2.05, 4.69) is 35.7 Å². The minimum atomic E-state index is -0.316. The Kier molecular flexibility index (Phi) is 4.95. The zero-order valence-corrected chi connectivity index (χ0v) is 15.2. The Bertz CT molecular complexity index is 912. The SMILES string of the molecule is COC(=O)c1ccc2c(c1)c1ccc(OC)cc1n2CCCN(C)C. The van der Waals surface area contributed by atoms with Gasteiger partial charge in [-0.1, -0.05) is 0 Å². The van der Waals surface area contributed by atoms with Crippen LogP contribution in [0.1, 0.15) is 16.8 Å². The number of hydrogen-bond donors (Lipinski definition) is 0. The number of ether oxygens (including phenoxy) is 2. The molecule has 3 aromatic rings. The number of benzene rings is 2. The molecule has 0 N–H and O–H groups in total. The van der Waals surface area contributed by atoms with Crippen molar-refractivity contribution in [1.29, 1.82) is 0 Å². The summed E-state index contributed by atoms with van der Waals surface area (Å²) in [5.41, 5.74) is 2.81. The fraction of sp³-hybridized carbons (Fsp3) is 0.350. The molecule has 0 fully saturated rings. The zero-order valence-electron chi connectivity index (χ0n) is 15.2. The molecule has 132 valence electrons. The molecule has 0 saturated heterocycles. The van der Waals surface area contributed by atoms with Crippen LogP contribution in [0.5, 0.6) is 5.75 Å². The molecule has 0 saturated carbocycles. The van der Waals surface area contributed by atoms with Gasteiger partial charge in [-0.25, -0.2) is 4.79 Å². The van der Waals surface area contributed by atoms with Crippen LogP contribution in [0.3, 0.4) is 0 Å². The number of aromatic nitrogens is 1. The third-order valence-electron chi connectivity index (χ3n) is 4.48. The van der Waals surface area contributed by atoms with Crippen molar-refractivity contribution in [3.8, 4) is 5.75 Å². The summed E-state index contributed by atoms with van der Waals surface area (Å²) in [5, 5.41) is 2.18. The number of fused-ring (bicyclic) bond motifs is 3. The van der Waals surface area contributed by atoms with Crippen molar-refractivity contribution in [3.05, 3.63) is 42.0 Å². The van der Waals surface area contributed by atoms with E-state index in [-0.39, 0.29) is 5.97 Å². The largest absolute Gasteiger partial charge is 0.497 e. The topological polar surface area (TPSA) is 43.7 Å². The van der Waals surface area contributed by atoms with Gasteiger partial charge in [0.15, 0.2) is 0 Å². The predicted molar refractivity (Wildman–Crippen MR) is 101 cm³/mol. The Morgan fingerprint density at radius 1 is 1.04 bits per heavy atom. The summed E-state index contributed by atoms with van der Waals surface area (Å²) in [6.45, 7) is 1.92. The Balaban J connectivity index is 2.16. The second kappa shape index (κ2) is 7.15. The van der Waals surface area contributed by atoms with Crippen molar-refractivity contribution < 1.29 is 14.3 Å². The Labute approximate surface area is 147 Å². The van der Waals surface area contributed by atoms with Crippen LogP contribution < -0.4 is 4.74 Å². The minimum Gasteiger partial charge on any atom is -0.497 e. The maximum absolute atomic E-state index is 11.9. The molecular formula is C20H24N2O3. The van der Waals surface area contributed by atoms with E-state index < -0.39 is 0 Å². The highest BCUT2D eigenvalue weighted by molar-refractivity contribution is 6.10. The molecule has 0 radical (unpaired) electrons. The quantitative estimate of drug-likeness (QED) is 0.644. The van der Waals surface area contributed by atoms with E-state index in [0.29, 0.717) is 5.56 Å². The lowest BCUT2D eigenvalue weighted by Gasteiger charge is -2.12. The average molecular weight is 340 g/mol. The van der Waals surface area contributed by atoms with Crippen LogP contribution in [-0.2, 0) is 11.3 Å². The predicted octanol–water partition coefficient (Wildman–Crippen LogP) is 3.54. The molecule has 0 unspecified atom stereocenters. The number of aryl methyl sites for hydroxylation is 1. The molecule has 5 heteroatoms. The zero-order chi connectivity index (χ0) is 18.0. The Morgan fingerprint density at radius 2 is 1.84 bits per heavy atom. The van der Waals surface area contributed by atoms with Gasteiger partial charge in [0.1, 0.15) is 5.75 Å². The molecular weight excluding hydrogens is 316 g/mol. The lowest BCUT2D eigenvalue weighted by Crippen LogP contribution is -2.15. The number of methoxy groups -OCH3 is 2. The first-order valence-electron chi connectivity index (χ1n) is 8.38. The number of hydrogen-bond acceptors (Lipinski definition) is 4. The first-order valence-corrected chi connectivity index (χ1v) is 8.38. The van der Waals surface area contributed by atoms with Crippen molar-refractivity contribution in [3.63, 3.8) is 0 Å². The van der Waals surface area contributed by atoms with Gasteiger partial charge in [-0.15, -0.1) is 0 Å². The van der Waals surface area contributed by atoms with Gasteiger partial charge in [0.05, 0.1) is 25.3 Å². The van der Waals surface area contributed by atoms with Crippen LogP contribution in [0, 0.1) is 0 Å². The molecule has 3 rings (SSSR count). The number of esters is 1. The maximum Gasteiger partial charge on any atom is 0.337 e. The summed E-state index contributed by atoms with van der Waals surface area (Å²) < 4.78 is 12.6. The molecule has 1 aromatic heterocycles. The molecule has 0 aliphatic carbocycles. The van der Waals surface area contributed by atoms with Crippen LogP contribution in [0.25, 0.3) is 21.8 Å². The van der Waals surface area contributed by atoms with Gasteiger partial charge in [0, 0.05) is 28.9 Å². The molecule has 0 aliphatic heterocycles. The molecule has 1 heterocycles. The average Bonchev–Trinajstić information content (AvgIpc) is 2.93. The van der Waals surface area contributed by atoms with E-state index in [1.54, 1.807) is 7.11 Å². The maximum atomic E-state index is 11.9. The van der Waals surface area contributed by atoms with Crippen LogP contribution in [-0.4, -0.2) is 50.3 Å². The van der Waals surface area contributed by atoms with Gasteiger partial charge in [-0.3, -0.25) is 0 Å². The number of rotatable bonds is 6. The van der Waals surface area contributed by atoms with Crippen molar-refractivity contribution in [2.45, 2.75) is 13.0 Å². The van der Waals surface area contributed by atoms with E-state index in [4.69, 9.17) is 9.47 Å². The molecule has 25 heavy (non-hydrogen) atoms. The highest BCUT2D eigenvalue weighted by atomic mass is 16.5. The van der Waals surface area contributed by atoms with Gasteiger partial charge >= 0.3 is 5.97 Å². The summed E-state index contributed by atoms with van der Waals surface area (Å²) in [6.07, 6.45) is 1.04. The lowest BCUT2D eigenvalue weighted by molar-refractivity contribution is 0.0601.